The lowest BCUT2D eigenvalue weighted by atomic mass is 9.69. The van der Waals surface area contributed by atoms with Crippen LogP contribution in [0, 0.1) is 18.3 Å². The Morgan fingerprint density at radius 1 is 1.07 bits per heavy atom. The Hall–Kier alpha value is -0.520. The predicted octanol–water partition coefficient (Wildman–Crippen LogP) is 3.92. The van der Waals surface area contributed by atoms with Crippen LogP contribution in [0.2, 0.25) is 0 Å². The SMILES string of the molecule is [C]1C2CCCC=C2C=C2CCCCC12. The lowest BCUT2D eigenvalue weighted by Gasteiger charge is -2.35. The average Bonchev–Trinajstić information content (AvgIpc) is 2.26. The highest BCUT2D eigenvalue weighted by Gasteiger charge is 2.30. The molecular formula is C14H18. The second-order valence-electron chi connectivity index (χ2n) is 4.87. The van der Waals surface area contributed by atoms with Crippen LogP contribution in [0.25, 0.3) is 0 Å². The zero-order valence-electron chi connectivity index (χ0n) is 8.76. The summed E-state index contributed by atoms with van der Waals surface area (Å²) in [6.07, 6.45) is 18.3. The van der Waals surface area contributed by atoms with Gasteiger partial charge in [0.15, 0.2) is 0 Å². The first-order valence-corrected chi connectivity index (χ1v) is 6.10. The lowest BCUT2D eigenvalue weighted by Crippen LogP contribution is -2.23. The van der Waals surface area contributed by atoms with Crippen molar-refractivity contribution >= 4 is 0 Å². The molecule has 2 atom stereocenters. The van der Waals surface area contributed by atoms with Crippen molar-refractivity contribution in [2.45, 2.75) is 44.9 Å². The van der Waals surface area contributed by atoms with Gasteiger partial charge in [-0.2, -0.15) is 0 Å². The average molecular weight is 186 g/mol. The Kier molecular flexibility index (Phi) is 2.23. The van der Waals surface area contributed by atoms with E-state index in [1.807, 2.05) is 0 Å². The molecule has 0 aromatic carbocycles. The van der Waals surface area contributed by atoms with Gasteiger partial charge in [0, 0.05) is 0 Å². The Balaban J connectivity index is 1.89. The number of allylic oxidation sites excluding steroid dienone is 4. The molecule has 0 N–H and O–H groups in total. The molecule has 0 spiro atoms. The van der Waals surface area contributed by atoms with Crippen molar-refractivity contribution in [1.82, 2.24) is 0 Å². The van der Waals surface area contributed by atoms with E-state index < -0.39 is 0 Å². The molecule has 0 aromatic rings. The second-order valence-corrected chi connectivity index (χ2v) is 4.87. The van der Waals surface area contributed by atoms with E-state index in [0.717, 1.165) is 5.92 Å². The molecule has 0 heteroatoms. The third-order valence-electron chi connectivity index (χ3n) is 3.89. The summed E-state index contributed by atoms with van der Waals surface area (Å²) in [5.74, 6) is 1.42. The van der Waals surface area contributed by atoms with Gasteiger partial charge < -0.3 is 0 Å². The van der Waals surface area contributed by atoms with Crippen molar-refractivity contribution in [3.8, 4) is 0 Å². The van der Waals surface area contributed by atoms with Crippen LogP contribution in [0.15, 0.2) is 23.3 Å². The molecule has 3 rings (SSSR count). The number of hydrogen-bond donors (Lipinski definition) is 0. The molecule has 14 heavy (non-hydrogen) atoms. The fraction of sp³-hybridized carbons (Fsp3) is 0.643. The van der Waals surface area contributed by atoms with Crippen LogP contribution in [0.4, 0.5) is 0 Å². The maximum atomic E-state index is 3.82. The summed E-state index contributed by atoms with van der Waals surface area (Å²) in [6, 6.07) is 0. The van der Waals surface area contributed by atoms with Gasteiger partial charge in [0.05, 0.1) is 0 Å². The van der Waals surface area contributed by atoms with E-state index in [4.69, 9.17) is 0 Å². The van der Waals surface area contributed by atoms with Gasteiger partial charge in [-0.1, -0.05) is 24.1 Å². The largest absolute Gasteiger partial charge is 0.0810 e. The first-order valence-electron chi connectivity index (χ1n) is 6.10. The molecule has 74 valence electrons. The molecule has 0 heterocycles. The van der Waals surface area contributed by atoms with E-state index in [2.05, 4.69) is 18.6 Å². The highest BCUT2D eigenvalue weighted by molar-refractivity contribution is 5.37. The minimum atomic E-state index is 0.690. The highest BCUT2D eigenvalue weighted by Crippen LogP contribution is 2.43. The minimum Gasteiger partial charge on any atom is -0.0810 e. The van der Waals surface area contributed by atoms with Gasteiger partial charge in [0.25, 0.3) is 0 Å². The van der Waals surface area contributed by atoms with E-state index in [9.17, 15) is 0 Å². The standard InChI is InChI=1S/C14H18/c1-2-6-12-10-14-8-4-3-7-13(14)9-11(12)5-1/h5,9,12,14H,1-4,6-8H2. The highest BCUT2D eigenvalue weighted by atomic mass is 14.3. The van der Waals surface area contributed by atoms with Crippen molar-refractivity contribution in [2.75, 3.05) is 0 Å². The molecule has 0 saturated heterocycles. The molecular weight excluding hydrogens is 168 g/mol. The maximum absolute atomic E-state index is 3.82. The number of rotatable bonds is 0. The van der Waals surface area contributed by atoms with E-state index in [-0.39, 0.29) is 0 Å². The zero-order chi connectivity index (χ0) is 9.38. The molecule has 0 aliphatic heterocycles. The van der Waals surface area contributed by atoms with E-state index in [1.165, 1.54) is 44.9 Å². The van der Waals surface area contributed by atoms with Crippen molar-refractivity contribution in [3.63, 3.8) is 0 Å². The molecule has 1 fully saturated rings. The third-order valence-corrected chi connectivity index (χ3v) is 3.89. The van der Waals surface area contributed by atoms with Crippen molar-refractivity contribution < 1.29 is 0 Å². The smallest absolute Gasteiger partial charge is 0.00153 e. The summed E-state index contributed by atoms with van der Waals surface area (Å²) in [4.78, 5) is 0. The Labute approximate surface area is 87.1 Å². The predicted molar refractivity (Wildman–Crippen MR) is 58.7 cm³/mol. The molecule has 0 amide bonds. The molecule has 1 saturated carbocycles. The van der Waals surface area contributed by atoms with Crippen molar-refractivity contribution in [2.24, 2.45) is 11.8 Å². The van der Waals surface area contributed by atoms with Crippen LogP contribution in [0.3, 0.4) is 0 Å². The first-order chi connectivity index (χ1) is 6.93. The lowest BCUT2D eigenvalue weighted by molar-refractivity contribution is 0.427. The maximum Gasteiger partial charge on any atom is -0.00153 e. The summed E-state index contributed by atoms with van der Waals surface area (Å²) >= 11 is 0. The van der Waals surface area contributed by atoms with E-state index >= 15 is 0 Å². The van der Waals surface area contributed by atoms with E-state index in [1.54, 1.807) is 11.1 Å². The van der Waals surface area contributed by atoms with Gasteiger partial charge in [-0.25, -0.2) is 0 Å². The van der Waals surface area contributed by atoms with Gasteiger partial charge in [-0.15, -0.1) is 0 Å². The topological polar surface area (TPSA) is 0 Å². The van der Waals surface area contributed by atoms with Crippen LogP contribution in [-0.4, -0.2) is 0 Å². The van der Waals surface area contributed by atoms with Gasteiger partial charge >= 0.3 is 0 Å². The van der Waals surface area contributed by atoms with Crippen LogP contribution >= 0.6 is 0 Å². The summed E-state index contributed by atoms with van der Waals surface area (Å²) in [7, 11) is 0. The van der Waals surface area contributed by atoms with Crippen LogP contribution in [-0.2, 0) is 0 Å². The minimum absolute atomic E-state index is 0.690. The van der Waals surface area contributed by atoms with Crippen LogP contribution in [0.5, 0.6) is 0 Å². The Bertz CT molecular complexity index is 282. The summed E-state index contributed by atoms with van der Waals surface area (Å²) in [6.45, 7) is 0. The van der Waals surface area contributed by atoms with Crippen molar-refractivity contribution in [1.29, 1.82) is 0 Å². The fourth-order valence-electron chi connectivity index (χ4n) is 3.10. The zero-order valence-corrected chi connectivity index (χ0v) is 8.76. The Morgan fingerprint density at radius 3 is 3.00 bits per heavy atom. The van der Waals surface area contributed by atoms with E-state index in [0.29, 0.717) is 5.92 Å². The summed E-state index contributed by atoms with van der Waals surface area (Å²) in [5.41, 5.74) is 3.27. The number of fused-ring (bicyclic) bond motifs is 2. The second kappa shape index (κ2) is 3.56. The molecule has 3 aliphatic carbocycles. The molecule has 3 aliphatic rings. The van der Waals surface area contributed by atoms with Crippen LogP contribution in [0.1, 0.15) is 44.9 Å². The first kappa shape index (κ1) is 8.76. The van der Waals surface area contributed by atoms with Gasteiger partial charge in [-0.05, 0) is 62.4 Å². The molecule has 2 unspecified atom stereocenters. The number of hydrogen-bond acceptors (Lipinski definition) is 0. The molecule has 2 radical (unpaired) electrons. The quantitative estimate of drug-likeness (QED) is 0.538. The normalized spacial score (nSPS) is 36.6. The third kappa shape index (κ3) is 1.45. The van der Waals surface area contributed by atoms with Gasteiger partial charge in [0.2, 0.25) is 0 Å². The van der Waals surface area contributed by atoms with Crippen molar-refractivity contribution in [3.05, 3.63) is 29.7 Å². The Morgan fingerprint density at radius 2 is 2.00 bits per heavy atom. The summed E-state index contributed by atoms with van der Waals surface area (Å²) < 4.78 is 0. The monoisotopic (exact) mass is 186 g/mol. The molecule has 0 bridgehead atoms. The van der Waals surface area contributed by atoms with Gasteiger partial charge in [-0.3, -0.25) is 0 Å². The van der Waals surface area contributed by atoms with Gasteiger partial charge in [0.1, 0.15) is 0 Å². The molecule has 0 aromatic heterocycles. The van der Waals surface area contributed by atoms with Crippen LogP contribution < -0.4 is 0 Å². The molecule has 0 nitrogen and oxygen atoms in total. The fourth-order valence-corrected chi connectivity index (χ4v) is 3.10. The summed E-state index contributed by atoms with van der Waals surface area (Å²) in [5, 5.41) is 0.